The highest BCUT2D eigenvalue weighted by atomic mass is 32.2. The van der Waals surface area contributed by atoms with Crippen molar-refractivity contribution in [2.75, 3.05) is 0 Å². The van der Waals surface area contributed by atoms with E-state index >= 15 is 0 Å². The standard InChI is InChI=1S/C11H6FN3O4S/c12-7-4-9(20-10-1-2-13-5-14-10)8(15(18)19)3-6(7)11(16)17/h1-5H,(H,16,17). The first-order valence-corrected chi connectivity index (χ1v) is 5.96. The number of rotatable bonds is 4. The molecule has 0 radical (unpaired) electrons. The lowest BCUT2D eigenvalue weighted by molar-refractivity contribution is -0.387. The Bertz CT molecular complexity index is 681. The zero-order valence-corrected chi connectivity index (χ0v) is 10.5. The average Bonchev–Trinajstić information content (AvgIpc) is 2.39. The van der Waals surface area contributed by atoms with E-state index in [9.17, 15) is 19.3 Å². The van der Waals surface area contributed by atoms with Crippen LogP contribution in [0.2, 0.25) is 0 Å². The number of hydrogen-bond donors (Lipinski definition) is 1. The van der Waals surface area contributed by atoms with Crippen LogP contribution in [-0.4, -0.2) is 26.0 Å². The lowest BCUT2D eigenvalue weighted by Gasteiger charge is -2.04. The SMILES string of the molecule is O=C(O)c1cc([N+](=O)[O-])c(Sc2ccncn2)cc1F. The van der Waals surface area contributed by atoms with E-state index in [1.54, 1.807) is 0 Å². The minimum atomic E-state index is -1.57. The number of carbonyl (C=O) groups is 1. The maximum atomic E-state index is 13.6. The summed E-state index contributed by atoms with van der Waals surface area (Å²) < 4.78 is 13.6. The number of halogens is 1. The maximum Gasteiger partial charge on any atom is 0.338 e. The zero-order valence-electron chi connectivity index (χ0n) is 9.69. The van der Waals surface area contributed by atoms with Gasteiger partial charge in [0.25, 0.3) is 5.69 Å². The number of nitrogens with zero attached hydrogens (tertiary/aromatic N) is 3. The minimum absolute atomic E-state index is 0.0313. The predicted octanol–water partition coefficient (Wildman–Crippen LogP) is 2.37. The minimum Gasteiger partial charge on any atom is -0.478 e. The third kappa shape index (κ3) is 2.88. The van der Waals surface area contributed by atoms with E-state index in [0.29, 0.717) is 11.1 Å². The summed E-state index contributed by atoms with van der Waals surface area (Å²) >= 11 is 0.851. The average molecular weight is 295 g/mol. The van der Waals surface area contributed by atoms with Crippen molar-refractivity contribution in [2.45, 2.75) is 9.92 Å². The Morgan fingerprint density at radius 2 is 2.20 bits per heavy atom. The predicted molar refractivity (Wildman–Crippen MR) is 66.2 cm³/mol. The highest BCUT2D eigenvalue weighted by molar-refractivity contribution is 7.99. The summed E-state index contributed by atoms with van der Waals surface area (Å²) in [5.41, 5.74) is -1.24. The van der Waals surface area contributed by atoms with Crippen LogP contribution in [-0.2, 0) is 0 Å². The van der Waals surface area contributed by atoms with Crippen LogP contribution in [0.5, 0.6) is 0 Å². The second-order valence-electron chi connectivity index (χ2n) is 3.51. The number of nitro groups is 1. The Balaban J connectivity index is 2.49. The summed E-state index contributed by atoms with van der Waals surface area (Å²) in [6, 6.07) is 3.01. The summed E-state index contributed by atoms with van der Waals surface area (Å²) in [5.74, 6) is -2.61. The summed E-state index contributed by atoms with van der Waals surface area (Å²) in [4.78, 5) is 28.5. The van der Waals surface area contributed by atoms with E-state index in [4.69, 9.17) is 5.11 Å². The number of hydrogen-bond acceptors (Lipinski definition) is 6. The molecule has 9 heteroatoms. The van der Waals surface area contributed by atoms with Gasteiger partial charge in [-0.3, -0.25) is 10.1 Å². The molecular formula is C11H6FN3O4S. The monoisotopic (exact) mass is 295 g/mol. The van der Waals surface area contributed by atoms with Crippen LogP contribution < -0.4 is 0 Å². The molecule has 102 valence electrons. The molecule has 7 nitrogen and oxygen atoms in total. The smallest absolute Gasteiger partial charge is 0.338 e. The van der Waals surface area contributed by atoms with Crippen LogP contribution in [0.4, 0.5) is 10.1 Å². The first kappa shape index (κ1) is 13.9. The number of aromatic nitrogens is 2. The highest BCUT2D eigenvalue weighted by Crippen LogP contribution is 2.35. The Morgan fingerprint density at radius 1 is 1.45 bits per heavy atom. The van der Waals surface area contributed by atoms with Crippen LogP contribution in [0.1, 0.15) is 10.4 Å². The van der Waals surface area contributed by atoms with Gasteiger partial charge in [0.05, 0.1) is 9.82 Å². The molecular weight excluding hydrogens is 289 g/mol. The van der Waals surface area contributed by atoms with Crippen LogP contribution in [0, 0.1) is 15.9 Å². The van der Waals surface area contributed by atoms with Crippen molar-refractivity contribution in [1.29, 1.82) is 0 Å². The largest absolute Gasteiger partial charge is 0.478 e. The molecule has 1 heterocycles. The number of carboxylic acid groups (broad SMARTS) is 1. The molecule has 0 fully saturated rings. The van der Waals surface area contributed by atoms with Crippen LogP contribution in [0.25, 0.3) is 0 Å². The van der Waals surface area contributed by atoms with Crippen molar-refractivity contribution in [2.24, 2.45) is 0 Å². The molecule has 0 aliphatic carbocycles. The summed E-state index contributed by atoms with van der Waals surface area (Å²) in [6.07, 6.45) is 2.68. The molecule has 1 N–H and O–H groups in total. The van der Waals surface area contributed by atoms with Crippen molar-refractivity contribution in [3.63, 3.8) is 0 Å². The summed E-state index contributed by atoms with van der Waals surface area (Å²) in [6.45, 7) is 0. The first-order chi connectivity index (χ1) is 9.49. The molecule has 1 aromatic heterocycles. The molecule has 2 aromatic rings. The normalized spacial score (nSPS) is 10.2. The van der Waals surface area contributed by atoms with E-state index in [2.05, 4.69) is 9.97 Å². The molecule has 0 aliphatic rings. The van der Waals surface area contributed by atoms with Gasteiger partial charge in [-0.15, -0.1) is 0 Å². The summed E-state index contributed by atoms with van der Waals surface area (Å²) in [7, 11) is 0. The lowest BCUT2D eigenvalue weighted by atomic mass is 10.2. The second kappa shape index (κ2) is 5.61. The van der Waals surface area contributed by atoms with E-state index in [0.717, 1.165) is 17.8 Å². The number of aromatic carboxylic acids is 1. The molecule has 0 amide bonds. The van der Waals surface area contributed by atoms with Gasteiger partial charge in [0.1, 0.15) is 22.7 Å². The zero-order chi connectivity index (χ0) is 14.7. The molecule has 0 unspecified atom stereocenters. The Hall–Kier alpha value is -2.55. The van der Waals surface area contributed by atoms with Gasteiger partial charge < -0.3 is 5.11 Å². The molecule has 0 aliphatic heterocycles. The Morgan fingerprint density at radius 3 is 2.75 bits per heavy atom. The van der Waals surface area contributed by atoms with Crippen molar-refractivity contribution in [3.8, 4) is 0 Å². The fourth-order valence-corrected chi connectivity index (χ4v) is 2.24. The van der Waals surface area contributed by atoms with Crippen molar-refractivity contribution in [1.82, 2.24) is 9.97 Å². The molecule has 1 aromatic carbocycles. The van der Waals surface area contributed by atoms with Crippen molar-refractivity contribution in [3.05, 3.63) is 52.2 Å². The van der Waals surface area contributed by atoms with Crippen molar-refractivity contribution >= 4 is 23.4 Å². The molecule has 0 saturated heterocycles. The number of nitro benzene ring substituents is 1. The third-order valence-corrected chi connectivity index (χ3v) is 3.24. The number of benzene rings is 1. The molecule has 0 bridgehead atoms. The molecule has 20 heavy (non-hydrogen) atoms. The van der Waals surface area contributed by atoms with Crippen LogP contribution in [0.15, 0.2) is 40.6 Å². The Labute approximate surface area is 115 Å². The van der Waals surface area contributed by atoms with Crippen LogP contribution in [0.3, 0.4) is 0 Å². The van der Waals surface area contributed by atoms with Gasteiger partial charge in [-0.1, -0.05) is 11.8 Å². The maximum absolute atomic E-state index is 13.6. The highest BCUT2D eigenvalue weighted by Gasteiger charge is 2.22. The topological polar surface area (TPSA) is 106 Å². The fourth-order valence-electron chi connectivity index (χ4n) is 1.38. The van der Waals surface area contributed by atoms with Gasteiger partial charge in [-0.05, 0) is 12.1 Å². The lowest BCUT2D eigenvalue weighted by Crippen LogP contribution is -2.03. The molecule has 0 atom stereocenters. The summed E-state index contributed by atoms with van der Waals surface area (Å²) in [5, 5.41) is 20.1. The van der Waals surface area contributed by atoms with Crippen molar-refractivity contribution < 1.29 is 19.2 Å². The molecule has 0 spiro atoms. The van der Waals surface area contributed by atoms with E-state index < -0.39 is 28.0 Å². The van der Waals surface area contributed by atoms with Gasteiger partial charge in [-0.2, -0.15) is 0 Å². The van der Waals surface area contributed by atoms with Gasteiger partial charge in [0.15, 0.2) is 0 Å². The van der Waals surface area contributed by atoms with E-state index in [1.165, 1.54) is 18.6 Å². The Kier molecular flexibility index (Phi) is 3.89. The molecule has 2 rings (SSSR count). The quantitative estimate of drug-likeness (QED) is 0.524. The van der Waals surface area contributed by atoms with Gasteiger partial charge >= 0.3 is 5.97 Å². The van der Waals surface area contributed by atoms with Gasteiger partial charge in [0, 0.05) is 12.3 Å². The molecule has 0 saturated carbocycles. The fraction of sp³-hybridized carbons (Fsp3) is 0. The first-order valence-electron chi connectivity index (χ1n) is 5.14. The third-order valence-electron chi connectivity index (χ3n) is 2.25. The van der Waals surface area contributed by atoms with E-state index in [1.807, 2.05) is 0 Å². The number of carboxylic acids is 1. The van der Waals surface area contributed by atoms with Gasteiger partial charge in [0.2, 0.25) is 0 Å². The van der Waals surface area contributed by atoms with Crippen LogP contribution >= 0.6 is 11.8 Å². The van der Waals surface area contributed by atoms with Gasteiger partial charge in [-0.25, -0.2) is 19.2 Å². The van der Waals surface area contributed by atoms with E-state index in [-0.39, 0.29) is 4.90 Å². The second-order valence-corrected chi connectivity index (χ2v) is 4.57.